The molecule has 1 N–H and O–H groups in total. The summed E-state index contributed by atoms with van der Waals surface area (Å²) in [7, 11) is 0. The number of halogens is 2. The molecule has 21 heavy (non-hydrogen) atoms. The Morgan fingerprint density at radius 1 is 1.14 bits per heavy atom. The van der Waals surface area contributed by atoms with Crippen molar-refractivity contribution < 1.29 is 0 Å². The van der Waals surface area contributed by atoms with E-state index in [2.05, 4.69) is 30.2 Å². The van der Waals surface area contributed by atoms with Crippen molar-refractivity contribution in [3.8, 4) is 0 Å². The van der Waals surface area contributed by atoms with E-state index in [1.807, 2.05) is 30.6 Å². The summed E-state index contributed by atoms with van der Waals surface area (Å²) < 4.78 is 0. The summed E-state index contributed by atoms with van der Waals surface area (Å²) in [5.74, 6) is 0. The molecule has 2 rings (SSSR count). The minimum atomic E-state index is 0.212. The van der Waals surface area contributed by atoms with Gasteiger partial charge >= 0.3 is 0 Å². The van der Waals surface area contributed by atoms with Crippen molar-refractivity contribution in [2.45, 2.75) is 32.7 Å². The number of likely N-dealkylation sites (N-methyl/N-ethyl adjacent to an activating group) is 1. The maximum absolute atomic E-state index is 6.30. The van der Waals surface area contributed by atoms with Gasteiger partial charge in [0.25, 0.3) is 0 Å². The maximum Gasteiger partial charge on any atom is 0.0439 e. The Morgan fingerprint density at radius 2 is 1.95 bits per heavy atom. The van der Waals surface area contributed by atoms with Crippen LogP contribution in [-0.2, 0) is 12.8 Å². The normalized spacial score (nSPS) is 12.4. The van der Waals surface area contributed by atoms with Gasteiger partial charge in [-0.3, -0.25) is 4.98 Å². The van der Waals surface area contributed by atoms with Crippen LogP contribution in [0.3, 0.4) is 0 Å². The van der Waals surface area contributed by atoms with Crippen LogP contribution in [0.25, 0.3) is 0 Å². The molecule has 0 spiro atoms. The standard InChI is InChI=1S/C17H20Cl2N2/c1-3-12-11-20-8-7-15(12)17(21-4-2)10-13-9-14(18)5-6-16(13)19/h5-9,11,17,21H,3-4,10H2,1-2H3. The Bertz CT molecular complexity index is 599. The maximum atomic E-state index is 6.30. The molecule has 1 aromatic heterocycles. The average Bonchev–Trinajstić information content (AvgIpc) is 2.50. The van der Waals surface area contributed by atoms with Crippen LogP contribution in [0, 0.1) is 0 Å². The number of benzene rings is 1. The van der Waals surface area contributed by atoms with Gasteiger partial charge < -0.3 is 5.32 Å². The van der Waals surface area contributed by atoms with E-state index in [0.717, 1.165) is 35.0 Å². The van der Waals surface area contributed by atoms with Gasteiger partial charge in [0.15, 0.2) is 0 Å². The number of nitrogens with one attached hydrogen (secondary N) is 1. The van der Waals surface area contributed by atoms with Crippen LogP contribution in [0.2, 0.25) is 10.0 Å². The van der Waals surface area contributed by atoms with Crippen LogP contribution in [0.4, 0.5) is 0 Å². The molecule has 2 nitrogen and oxygen atoms in total. The number of hydrogen-bond acceptors (Lipinski definition) is 2. The van der Waals surface area contributed by atoms with Gasteiger partial charge in [-0.15, -0.1) is 0 Å². The summed E-state index contributed by atoms with van der Waals surface area (Å²) in [5.41, 5.74) is 3.61. The van der Waals surface area contributed by atoms with Crippen molar-refractivity contribution in [3.63, 3.8) is 0 Å². The summed E-state index contributed by atoms with van der Waals surface area (Å²) in [6.07, 6.45) is 5.57. The van der Waals surface area contributed by atoms with Crippen LogP contribution >= 0.6 is 23.2 Å². The highest BCUT2D eigenvalue weighted by Crippen LogP contribution is 2.27. The molecule has 0 aliphatic carbocycles. The third kappa shape index (κ3) is 4.19. The first-order valence-corrected chi connectivity index (χ1v) is 8.01. The highest BCUT2D eigenvalue weighted by molar-refractivity contribution is 6.33. The molecule has 0 aliphatic heterocycles. The van der Waals surface area contributed by atoms with Gasteiger partial charge in [0.05, 0.1) is 0 Å². The lowest BCUT2D eigenvalue weighted by Gasteiger charge is -2.21. The van der Waals surface area contributed by atoms with Crippen LogP contribution in [0.1, 0.15) is 36.6 Å². The smallest absolute Gasteiger partial charge is 0.0439 e. The number of pyridine rings is 1. The third-order valence-electron chi connectivity index (χ3n) is 3.58. The largest absolute Gasteiger partial charge is 0.310 e. The molecular formula is C17H20Cl2N2. The van der Waals surface area contributed by atoms with Crippen molar-refractivity contribution in [1.82, 2.24) is 10.3 Å². The Morgan fingerprint density at radius 3 is 2.67 bits per heavy atom. The Labute approximate surface area is 136 Å². The molecule has 0 saturated carbocycles. The van der Waals surface area contributed by atoms with Gasteiger partial charge in [0, 0.05) is 28.5 Å². The molecule has 1 aromatic carbocycles. The molecule has 0 fully saturated rings. The minimum absolute atomic E-state index is 0.212. The lowest BCUT2D eigenvalue weighted by atomic mass is 9.95. The Kier molecular flexibility index (Phi) is 6.04. The third-order valence-corrected chi connectivity index (χ3v) is 4.18. The molecule has 0 saturated heterocycles. The van der Waals surface area contributed by atoms with Gasteiger partial charge in [-0.05, 0) is 60.3 Å². The molecule has 1 unspecified atom stereocenters. The molecule has 112 valence electrons. The SMILES string of the molecule is CCNC(Cc1cc(Cl)ccc1Cl)c1ccncc1CC. The first-order chi connectivity index (χ1) is 10.2. The fourth-order valence-electron chi connectivity index (χ4n) is 2.53. The van der Waals surface area contributed by atoms with Crippen molar-refractivity contribution in [1.29, 1.82) is 0 Å². The number of rotatable bonds is 6. The Balaban J connectivity index is 2.33. The second kappa shape index (κ2) is 7.79. The van der Waals surface area contributed by atoms with Crippen LogP contribution < -0.4 is 5.32 Å². The highest BCUT2D eigenvalue weighted by atomic mass is 35.5. The van der Waals surface area contributed by atoms with E-state index < -0.39 is 0 Å². The van der Waals surface area contributed by atoms with Crippen LogP contribution in [0.5, 0.6) is 0 Å². The number of aryl methyl sites for hydroxylation is 1. The minimum Gasteiger partial charge on any atom is -0.310 e. The van der Waals surface area contributed by atoms with E-state index in [-0.39, 0.29) is 6.04 Å². The topological polar surface area (TPSA) is 24.9 Å². The van der Waals surface area contributed by atoms with E-state index in [0.29, 0.717) is 0 Å². The van der Waals surface area contributed by atoms with Crippen LogP contribution in [-0.4, -0.2) is 11.5 Å². The van der Waals surface area contributed by atoms with Gasteiger partial charge in [-0.2, -0.15) is 0 Å². The number of aromatic nitrogens is 1. The van der Waals surface area contributed by atoms with Gasteiger partial charge in [0.1, 0.15) is 0 Å². The predicted octanol–water partition coefficient (Wildman–Crippen LogP) is 4.84. The highest BCUT2D eigenvalue weighted by Gasteiger charge is 2.16. The zero-order valence-corrected chi connectivity index (χ0v) is 13.9. The van der Waals surface area contributed by atoms with Gasteiger partial charge in [0.2, 0.25) is 0 Å². The lowest BCUT2D eigenvalue weighted by Crippen LogP contribution is -2.24. The molecule has 0 radical (unpaired) electrons. The second-order valence-electron chi connectivity index (χ2n) is 4.98. The second-order valence-corrected chi connectivity index (χ2v) is 5.82. The first-order valence-electron chi connectivity index (χ1n) is 7.25. The van der Waals surface area contributed by atoms with E-state index in [9.17, 15) is 0 Å². The van der Waals surface area contributed by atoms with Crippen LogP contribution in [0.15, 0.2) is 36.7 Å². The Hall–Kier alpha value is -1.09. The van der Waals surface area contributed by atoms with Crippen molar-refractivity contribution in [2.24, 2.45) is 0 Å². The van der Waals surface area contributed by atoms with E-state index in [4.69, 9.17) is 23.2 Å². The number of hydrogen-bond donors (Lipinski definition) is 1. The lowest BCUT2D eigenvalue weighted by molar-refractivity contribution is 0.545. The molecule has 1 heterocycles. The van der Waals surface area contributed by atoms with E-state index in [1.165, 1.54) is 11.1 Å². The summed E-state index contributed by atoms with van der Waals surface area (Å²) in [4.78, 5) is 4.22. The zero-order chi connectivity index (χ0) is 15.2. The molecule has 4 heteroatoms. The quantitative estimate of drug-likeness (QED) is 0.822. The van der Waals surface area contributed by atoms with Crippen molar-refractivity contribution in [2.75, 3.05) is 6.54 Å². The first kappa shape index (κ1) is 16.3. The summed E-state index contributed by atoms with van der Waals surface area (Å²) in [5, 5.41) is 5.02. The van der Waals surface area contributed by atoms with Crippen molar-refractivity contribution >= 4 is 23.2 Å². The predicted molar refractivity (Wildman–Crippen MR) is 90.2 cm³/mol. The summed E-state index contributed by atoms with van der Waals surface area (Å²) in [6.45, 7) is 5.16. The molecular weight excluding hydrogens is 303 g/mol. The molecule has 1 atom stereocenters. The molecule has 0 bridgehead atoms. The fourth-order valence-corrected chi connectivity index (χ4v) is 2.92. The fraction of sp³-hybridized carbons (Fsp3) is 0.353. The monoisotopic (exact) mass is 322 g/mol. The van der Waals surface area contributed by atoms with Crippen molar-refractivity contribution in [3.05, 3.63) is 63.4 Å². The zero-order valence-electron chi connectivity index (χ0n) is 12.4. The molecule has 0 aliphatic rings. The molecule has 0 amide bonds. The van der Waals surface area contributed by atoms with Gasteiger partial charge in [-0.25, -0.2) is 0 Å². The summed E-state index contributed by atoms with van der Waals surface area (Å²) in [6, 6.07) is 7.92. The average molecular weight is 323 g/mol. The van der Waals surface area contributed by atoms with E-state index >= 15 is 0 Å². The molecule has 2 aromatic rings. The van der Waals surface area contributed by atoms with Gasteiger partial charge in [-0.1, -0.05) is 37.0 Å². The summed E-state index contributed by atoms with van der Waals surface area (Å²) >= 11 is 12.4. The van der Waals surface area contributed by atoms with E-state index in [1.54, 1.807) is 0 Å². The number of nitrogens with zero attached hydrogens (tertiary/aromatic N) is 1.